The minimum Gasteiger partial charge on any atom is -0.342 e. The van der Waals surface area contributed by atoms with E-state index >= 15 is 0 Å². The third-order valence-corrected chi connectivity index (χ3v) is 6.66. The minimum atomic E-state index is 0.298. The average Bonchev–Trinajstić information content (AvgIpc) is 3.08. The molecule has 0 aliphatic carbocycles. The summed E-state index contributed by atoms with van der Waals surface area (Å²) in [6.45, 7) is 6.45. The van der Waals surface area contributed by atoms with E-state index in [-0.39, 0.29) is 0 Å². The molecule has 25 heavy (non-hydrogen) atoms. The van der Waals surface area contributed by atoms with Crippen molar-refractivity contribution in [2.45, 2.75) is 18.8 Å². The lowest BCUT2D eigenvalue weighted by molar-refractivity contribution is -0.133. The molecule has 0 N–H and O–H groups in total. The number of nitrogens with zero attached hydrogens (tertiary/aromatic N) is 4. The lowest BCUT2D eigenvalue weighted by atomic mass is 9.97. The standard InChI is InChI=1S/C19H26N4OS/c1-21-10-12-22(13-11-21)14-18(24)23-8-6-15(7-9-23)19-20-16-4-2-3-5-17(16)25-19/h2-5,15H,6-14H2,1H3. The summed E-state index contributed by atoms with van der Waals surface area (Å²) in [5.74, 6) is 0.803. The Balaban J connectivity index is 1.31. The summed E-state index contributed by atoms with van der Waals surface area (Å²) in [5, 5.41) is 1.24. The molecule has 1 aromatic carbocycles. The van der Waals surface area contributed by atoms with Gasteiger partial charge in [-0.05, 0) is 32.0 Å². The number of hydrogen-bond donors (Lipinski definition) is 0. The fourth-order valence-electron chi connectivity index (χ4n) is 3.74. The first-order valence-electron chi connectivity index (χ1n) is 9.23. The maximum atomic E-state index is 12.6. The highest BCUT2D eigenvalue weighted by molar-refractivity contribution is 7.18. The van der Waals surface area contributed by atoms with Crippen LogP contribution in [0.3, 0.4) is 0 Å². The molecule has 3 heterocycles. The van der Waals surface area contributed by atoms with E-state index < -0.39 is 0 Å². The van der Waals surface area contributed by atoms with E-state index in [9.17, 15) is 4.79 Å². The van der Waals surface area contributed by atoms with E-state index in [1.165, 1.54) is 9.71 Å². The molecule has 0 atom stereocenters. The molecule has 0 bridgehead atoms. The van der Waals surface area contributed by atoms with E-state index in [0.717, 1.165) is 57.6 Å². The topological polar surface area (TPSA) is 39.7 Å². The third kappa shape index (κ3) is 3.86. The Bertz CT molecular complexity index is 697. The van der Waals surface area contributed by atoms with Crippen LogP contribution in [0.2, 0.25) is 0 Å². The number of thiazole rings is 1. The zero-order chi connectivity index (χ0) is 17.2. The van der Waals surface area contributed by atoms with Crippen molar-refractivity contribution in [2.75, 3.05) is 52.9 Å². The average molecular weight is 359 g/mol. The largest absolute Gasteiger partial charge is 0.342 e. The maximum Gasteiger partial charge on any atom is 0.236 e. The van der Waals surface area contributed by atoms with Crippen molar-refractivity contribution in [3.63, 3.8) is 0 Å². The molecule has 2 aliphatic heterocycles. The molecule has 2 fully saturated rings. The molecule has 6 heteroatoms. The van der Waals surface area contributed by atoms with Gasteiger partial charge in [0.15, 0.2) is 0 Å². The zero-order valence-corrected chi connectivity index (χ0v) is 15.7. The number of carbonyl (C=O) groups is 1. The van der Waals surface area contributed by atoms with Gasteiger partial charge in [0.2, 0.25) is 5.91 Å². The first-order valence-corrected chi connectivity index (χ1v) is 10.0. The van der Waals surface area contributed by atoms with Gasteiger partial charge in [-0.25, -0.2) is 4.98 Å². The highest BCUT2D eigenvalue weighted by Crippen LogP contribution is 2.33. The normalized spacial score (nSPS) is 21.1. The number of fused-ring (bicyclic) bond motifs is 1. The summed E-state index contributed by atoms with van der Waals surface area (Å²) in [6.07, 6.45) is 2.07. The Labute approximate surface area is 153 Å². The molecule has 5 nitrogen and oxygen atoms in total. The third-order valence-electron chi connectivity index (χ3n) is 5.46. The van der Waals surface area contributed by atoms with Gasteiger partial charge in [-0.2, -0.15) is 0 Å². The van der Waals surface area contributed by atoms with Gasteiger partial charge >= 0.3 is 0 Å². The fraction of sp³-hybridized carbons (Fsp3) is 0.579. The van der Waals surface area contributed by atoms with E-state index in [4.69, 9.17) is 4.98 Å². The maximum absolute atomic E-state index is 12.6. The van der Waals surface area contributed by atoms with Gasteiger partial charge in [0, 0.05) is 45.2 Å². The molecule has 0 radical (unpaired) electrons. The van der Waals surface area contributed by atoms with Crippen molar-refractivity contribution in [2.24, 2.45) is 0 Å². The summed E-state index contributed by atoms with van der Waals surface area (Å²) >= 11 is 1.81. The molecule has 2 saturated heterocycles. The summed E-state index contributed by atoms with van der Waals surface area (Å²) in [7, 11) is 2.14. The smallest absolute Gasteiger partial charge is 0.236 e. The van der Waals surface area contributed by atoms with Crippen molar-refractivity contribution in [3.8, 4) is 0 Å². The van der Waals surface area contributed by atoms with Crippen molar-refractivity contribution in [1.82, 2.24) is 19.7 Å². The van der Waals surface area contributed by atoms with Gasteiger partial charge in [-0.15, -0.1) is 11.3 Å². The number of aromatic nitrogens is 1. The summed E-state index contributed by atoms with van der Waals surface area (Å²) in [6, 6.07) is 8.35. The first-order chi connectivity index (χ1) is 12.2. The molecule has 134 valence electrons. The first kappa shape index (κ1) is 16.9. The molecular formula is C19H26N4OS. The van der Waals surface area contributed by atoms with Crippen LogP contribution in [0.15, 0.2) is 24.3 Å². The lowest BCUT2D eigenvalue weighted by Crippen LogP contribution is -2.50. The van der Waals surface area contributed by atoms with Gasteiger partial charge in [-0.3, -0.25) is 9.69 Å². The number of benzene rings is 1. The molecule has 1 amide bonds. The zero-order valence-electron chi connectivity index (χ0n) is 14.9. The second kappa shape index (κ2) is 7.40. The Hall–Kier alpha value is -1.50. The summed E-state index contributed by atoms with van der Waals surface area (Å²) in [5.41, 5.74) is 1.11. The van der Waals surface area contributed by atoms with Gasteiger partial charge in [-0.1, -0.05) is 12.1 Å². The van der Waals surface area contributed by atoms with Gasteiger partial charge in [0.05, 0.1) is 21.8 Å². The quantitative estimate of drug-likeness (QED) is 0.844. The number of carbonyl (C=O) groups excluding carboxylic acids is 1. The monoisotopic (exact) mass is 358 g/mol. The number of likely N-dealkylation sites (N-methyl/N-ethyl adjacent to an activating group) is 1. The van der Waals surface area contributed by atoms with Crippen LogP contribution in [0.5, 0.6) is 0 Å². The fourth-order valence-corrected chi connectivity index (χ4v) is 4.87. The highest BCUT2D eigenvalue weighted by Gasteiger charge is 2.27. The minimum absolute atomic E-state index is 0.298. The second-order valence-electron chi connectivity index (χ2n) is 7.25. The Morgan fingerprint density at radius 3 is 2.56 bits per heavy atom. The number of rotatable bonds is 3. The second-order valence-corrected chi connectivity index (χ2v) is 8.32. The van der Waals surface area contributed by atoms with Gasteiger partial charge in [0.1, 0.15) is 0 Å². The van der Waals surface area contributed by atoms with Gasteiger partial charge in [0.25, 0.3) is 0 Å². The van der Waals surface area contributed by atoms with Crippen molar-refractivity contribution in [1.29, 1.82) is 0 Å². The van der Waals surface area contributed by atoms with E-state index in [1.54, 1.807) is 0 Å². The van der Waals surface area contributed by atoms with E-state index in [2.05, 4.69) is 39.9 Å². The van der Waals surface area contributed by atoms with Crippen LogP contribution >= 0.6 is 11.3 Å². The SMILES string of the molecule is CN1CCN(CC(=O)N2CCC(c3nc4ccccc4s3)CC2)CC1. The number of para-hydroxylation sites is 1. The Kier molecular flexibility index (Phi) is 5.01. The Morgan fingerprint density at radius 2 is 1.84 bits per heavy atom. The molecule has 2 aliphatic rings. The van der Waals surface area contributed by atoms with Gasteiger partial charge < -0.3 is 9.80 Å². The van der Waals surface area contributed by atoms with Crippen LogP contribution in [-0.2, 0) is 4.79 Å². The molecule has 0 unspecified atom stereocenters. The molecule has 1 aromatic heterocycles. The molecular weight excluding hydrogens is 332 g/mol. The predicted octanol–water partition coefficient (Wildman–Crippen LogP) is 2.25. The number of piperazine rings is 1. The van der Waals surface area contributed by atoms with Crippen molar-refractivity contribution in [3.05, 3.63) is 29.3 Å². The van der Waals surface area contributed by atoms with Crippen molar-refractivity contribution < 1.29 is 4.79 Å². The van der Waals surface area contributed by atoms with Crippen LogP contribution in [0, 0.1) is 0 Å². The van der Waals surface area contributed by atoms with E-state index in [1.807, 2.05) is 17.4 Å². The number of likely N-dealkylation sites (tertiary alicyclic amines) is 1. The van der Waals surface area contributed by atoms with Crippen LogP contribution in [0.25, 0.3) is 10.2 Å². The van der Waals surface area contributed by atoms with Crippen LogP contribution in [-0.4, -0.2) is 78.5 Å². The van der Waals surface area contributed by atoms with Crippen LogP contribution in [0.1, 0.15) is 23.8 Å². The van der Waals surface area contributed by atoms with Crippen LogP contribution in [0.4, 0.5) is 0 Å². The molecule has 0 spiro atoms. The molecule has 2 aromatic rings. The van der Waals surface area contributed by atoms with E-state index in [0.29, 0.717) is 18.4 Å². The number of piperidine rings is 1. The van der Waals surface area contributed by atoms with Crippen LogP contribution < -0.4 is 0 Å². The Morgan fingerprint density at radius 1 is 1.12 bits per heavy atom. The number of amides is 1. The highest BCUT2D eigenvalue weighted by atomic mass is 32.1. The lowest BCUT2D eigenvalue weighted by Gasteiger charge is -2.35. The predicted molar refractivity (Wildman–Crippen MR) is 102 cm³/mol. The molecule has 4 rings (SSSR count). The summed E-state index contributed by atoms with van der Waals surface area (Å²) in [4.78, 5) is 24.1. The molecule has 0 saturated carbocycles. The summed E-state index contributed by atoms with van der Waals surface area (Å²) < 4.78 is 1.27. The number of hydrogen-bond acceptors (Lipinski definition) is 5. The van der Waals surface area contributed by atoms with Crippen molar-refractivity contribution >= 4 is 27.5 Å².